The summed E-state index contributed by atoms with van der Waals surface area (Å²) in [5.74, 6) is 0.832. The number of ether oxygens (including phenoxy) is 1. The molecule has 4 heteroatoms. The monoisotopic (exact) mass is 359 g/mol. The number of Topliss-reactive ketones (excluding diaryl/α,β-unsaturated/α-hetero) is 1. The van der Waals surface area contributed by atoms with E-state index < -0.39 is 6.10 Å². The zero-order valence-electron chi connectivity index (χ0n) is 16.6. The number of ketones is 1. The first-order chi connectivity index (χ1) is 12.2. The third-order valence-electron chi connectivity index (χ3n) is 5.91. The van der Waals surface area contributed by atoms with Crippen molar-refractivity contribution in [3.8, 4) is 5.75 Å². The Kier molecular flexibility index (Phi) is 5.45. The van der Waals surface area contributed by atoms with Crippen LogP contribution in [0.2, 0.25) is 0 Å². The number of fused-ring (bicyclic) bond motifs is 2. The Balaban J connectivity index is 1.50. The molecular weight excluding hydrogens is 326 g/mol. The first kappa shape index (κ1) is 19.4. The zero-order chi connectivity index (χ0) is 18.9. The van der Waals surface area contributed by atoms with E-state index in [1.165, 1.54) is 19.3 Å². The Bertz CT molecular complexity index is 639. The van der Waals surface area contributed by atoms with E-state index in [1.807, 2.05) is 19.1 Å². The Labute approximate surface area is 157 Å². The van der Waals surface area contributed by atoms with Crippen molar-refractivity contribution in [3.63, 3.8) is 0 Å². The summed E-state index contributed by atoms with van der Waals surface area (Å²) < 4.78 is 5.74. The van der Waals surface area contributed by atoms with Gasteiger partial charge >= 0.3 is 0 Å². The minimum Gasteiger partial charge on any atom is -0.491 e. The normalized spacial score (nSPS) is 28.7. The highest BCUT2D eigenvalue weighted by Crippen LogP contribution is 2.52. The Morgan fingerprint density at radius 2 is 1.96 bits per heavy atom. The molecule has 0 amide bonds. The van der Waals surface area contributed by atoms with Gasteiger partial charge in [0.1, 0.15) is 18.5 Å². The van der Waals surface area contributed by atoms with Crippen LogP contribution in [0.4, 0.5) is 0 Å². The molecule has 1 aliphatic carbocycles. The Morgan fingerprint density at radius 3 is 2.62 bits per heavy atom. The van der Waals surface area contributed by atoms with Crippen molar-refractivity contribution in [2.75, 3.05) is 19.7 Å². The Morgan fingerprint density at radius 1 is 1.27 bits per heavy atom. The maximum Gasteiger partial charge on any atom is 0.162 e. The van der Waals surface area contributed by atoms with E-state index in [-0.39, 0.29) is 12.4 Å². The first-order valence-corrected chi connectivity index (χ1v) is 9.88. The lowest BCUT2D eigenvalue weighted by Crippen LogP contribution is -2.39. The minimum atomic E-state index is -0.502. The molecule has 3 rings (SSSR count). The average Bonchev–Trinajstić information content (AvgIpc) is 2.80. The highest BCUT2D eigenvalue weighted by atomic mass is 16.5. The van der Waals surface area contributed by atoms with Gasteiger partial charge in [-0.2, -0.15) is 0 Å². The van der Waals surface area contributed by atoms with Crippen molar-refractivity contribution in [2.45, 2.75) is 65.5 Å². The molecule has 0 spiro atoms. The number of benzene rings is 1. The van der Waals surface area contributed by atoms with Gasteiger partial charge in [0.05, 0.1) is 0 Å². The van der Waals surface area contributed by atoms with Crippen LogP contribution in [0.15, 0.2) is 24.3 Å². The van der Waals surface area contributed by atoms with Crippen LogP contribution >= 0.6 is 0 Å². The van der Waals surface area contributed by atoms with Crippen LogP contribution in [0.5, 0.6) is 5.75 Å². The summed E-state index contributed by atoms with van der Waals surface area (Å²) >= 11 is 0. The molecule has 2 aliphatic rings. The molecule has 1 aromatic rings. The molecule has 1 aliphatic heterocycles. The molecule has 0 unspecified atom stereocenters. The van der Waals surface area contributed by atoms with Crippen LogP contribution in [-0.2, 0) is 0 Å². The molecule has 0 aromatic heterocycles. The van der Waals surface area contributed by atoms with E-state index in [1.54, 1.807) is 12.1 Å². The van der Waals surface area contributed by atoms with Gasteiger partial charge in [0.2, 0.25) is 0 Å². The summed E-state index contributed by atoms with van der Waals surface area (Å²) in [6.45, 7) is 11.0. The van der Waals surface area contributed by atoms with E-state index >= 15 is 0 Å². The summed E-state index contributed by atoms with van der Waals surface area (Å²) in [4.78, 5) is 14.1. The van der Waals surface area contributed by atoms with Crippen molar-refractivity contribution in [3.05, 3.63) is 29.8 Å². The van der Waals surface area contributed by atoms with Crippen molar-refractivity contribution >= 4 is 5.78 Å². The third-order valence-corrected chi connectivity index (χ3v) is 5.91. The fraction of sp³-hybridized carbons (Fsp3) is 0.682. The van der Waals surface area contributed by atoms with Crippen molar-refractivity contribution < 1.29 is 14.6 Å². The summed E-state index contributed by atoms with van der Waals surface area (Å²) in [6.07, 6.45) is 3.73. The third kappa shape index (κ3) is 4.47. The Hall–Kier alpha value is -1.39. The zero-order valence-corrected chi connectivity index (χ0v) is 16.6. The first-order valence-electron chi connectivity index (χ1n) is 9.88. The molecule has 144 valence electrons. The lowest BCUT2D eigenvalue weighted by molar-refractivity contribution is 0.0584. The van der Waals surface area contributed by atoms with Gasteiger partial charge < -0.3 is 9.84 Å². The number of aliphatic hydroxyl groups is 1. The van der Waals surface area contributed by atoms with Crippen LogP contribution in [0.25, 0.3) is 0 Å². The van der Waals surface area contributed by atoms with Gasteiger partial charge in [-0.3, -0.25) is 9.69 Å². The maximum atomic E-state index is 11.7. The number of aliphatic hydroxyl groups excluding tert-OH is 1. The van der Waals surface area contributed by atoms with Crippen molar-refractivity contribution in [2.24, 2.45) is 10.8 Å². The highest BCUT2D eigenvalue weighted by Gasteiger charge is 2.49. The van der Waals surface area contributed by atoms with Crippen molar-refractivity contribution in [1.29, 1.82) is 0 Å². The molecule has 3 atom stereocenters. The number of carbonyl (C=O) groups is 1. The van der Waals surface area contributed by atoms with Gasteiger partial charge in [-0.25, -0.2) is 0 Å². The van der Waals surface area contributed by atoms with Crippen LogP contribution < -0.4 is 4.74 Å². The van der Waals surface area contributed by atoms with E-state index in [0.717, 1.165) is 6.54 Å². The standard InChI is InChI=1S/C22H33NO3/c1-5-20(25)16-6-8-19(9-7-16)26-13-18(24)12-23-15-22(4)11-17(23)10-21(2,3)14-22/h6-9,17-18,24H,5,10-15H2,1-4H3/t17-,18+,22+/m1/s1. The van der Waals surface area contributed by atoms with Crippen LogP contribution in [0.1, 0.15) is 63.7 Å². The number of likely N-dealkylation sites (tertiary alicyclic amines) is 1. The van der Waals surface area contributed by atoms with Gasteiger partial charge in [-0.05, 0) is 54.4 Å². The van der Waals surface area contributed by atoms with Gasteiger partial charge in [-0.1, -0.05) is 27.7 Å². The summed E-state index contributed by atoms with van der Waals surface area (Å²) in [5.41, 5.74) is 1.49. The molecule has 4 nitrogen and oxygen atoms in total. The number of rotatable bonds is 7. The fourth-order valence-electron chi connectivity index (χ4n) is 5.25. The predicted molar refractivity (Wildman–Crippen MR) is 104 cm³/mol. The second kappa shape index (κ2) is 7.32. The second-order valence-electron chi connectivity index (χ2n) is 9.41. The van der Waals surface area contributed by atoms with E-state index in [2.05, 4.69) is 25.7 Å². The summed E-state index contributed by atoms with van der Waals surface area (Å²) in [6, 6.07) is 7.78. The van der Waals surface area contributed by atoms with E-state index in [0.29, 0.717) is 41.2 Å². The molecule has 26 heavy (non-hydrogen) atoms. The number of hydrogen-bond acceptors (Lipinski definition) is 4. The minimum absolute atomic E-state index is 0.133. The van der Waals surface area contributed by atoms with E-state index in [9.17, 15) is 9.90 Å². The summed E-state index contributed by atoms with van der Waals surface area (Å²) in [5, 5.41) is 10.5. The van der Waals surface area contributed by atoms with Crippen LogP contribution in [0.3, 0.4) is 0 Å². The molecule has 2 bridgehead atoms. The quantitative estimate of drug-likeness (QED) is 0.750. The second-order valence-corrected chi connectivity index (χ2v) is 9.41. The molecule has 1 heterocycles. The molecule has 2 fully saturated rings. The number of hydrogen-bond donors (Lipinski definition) is 1. The fourth-order valence-corrected chi connectivity index (χ4v) is 5.25. The number of nitrogens with zero attached hydrogens (tertiary/aromatic N) is 1. The molecule has 1 saturated carbocycles. The largest absolute Gasteiger partial charge is 0.491 e. The predicted octanol–water partition coefficient (Wildman–Crippen LogP) is 3.92. The van der Waals surface area contributed by atoms with Gasteiger partial charge in [0, 0.05) is 31.1 Å². The molecule has 1 N–H and O–H groups in total. The topological polar surface area (TPSA) is 49.8 Å². The molecule has 0 radical (unpaired) electrons. The molecule has 1 aromatic carbocycles. The van der Waals surface area contributed by atoms with Gasteiger partial charge in [-0.15, -0.1) is 0 Å². The maximum absolute atomic E-state index is 11.7. The molecule has 1 saturated heterocycles. The lowest BCUT2D eigenvalue weighted by atomic mass is 9.65. The molecular formula is C22H33NO3. The highest BCUT2D eigenvalue weighted by molar-refractivity contribution is 5.95. The van der Waals surface area contributed by atoms with E-state index in [4.69, 9.17) is 4.74 Å². The average molecular weight is 360 g/mol. The van der Waals surface area contributed by atoms with Crippen LogP contribution in [0, 0.1) is 10.8 Å². The smallest absolute Gasteiger partial charge is 0.162 e. The van der Waals surface area contributed by atoms with Gasteiger partial charge in [0.25, 0.3) is 0 Å². The van der Waals surface area contributed by atoms with Gasteiger partial charge in [0.15, 0.2) is 5.78 Å². The SMILES string of the molecule is CCC(=O)c1ccc(OC[C@@H](O)CN2C[C@@]3(C)C[C@H]2CC(C)(C)C3)cc1. The number of β-amino-alcohol motifs (C(OH)–C–C–N with tert-alkyl or cyclic N) is 1. The summed E-state index contributed by atoms with van der Waals surface area (Å²) in [7, 11) is 0. The number of carbonyl (C=O) groups excluding carboxylic acids is 1. The van der Waals surface area contributed by atoms with Crippen LogP contribution in [-0.4, -0.2) is 47.6 Å². The van der Waals surface area contributed by atoms with Crippen molar-refractivity contribution in [1.82, 2.24) is 4.90 Å². The lowest BCUT2D eigenvalue weighted by Gasteiger charge is -2.40.